The predicted octanol–water partition coefficient (Wildman–Crippen LogP) is 4.36. The van der Waals surface area contributed by atoms with E-state index in [2.05, 4.69) is 5.32 Å². The van der Waals surface area contributed by atoms with Crippen molar-refractivity contribution in [2.75, 3.05) is 25.0 Å². The molecule has 2 aromatic rings. The van der Waals surface area contributed by atoms with Crippen molar-refractivity contribution in [3.63, 3.8) is 0 Å². The molecular formula is C22H24ClFN2O3. The van der Waals surface area contributed by atoms with E-state index in [1.807, 2.05) is 26.0 Å². The molecule has 1 saturated heterocycles. The Labute approximate surface area is 174 Å². The zero-order valence-electron chi connectivity index (χ0n) is 16.5. The van der Waals surface area contributed by atoms with Gasteiger partial charge < -0.3 is 15.0 Å². The number of amides is 2. The van der Waals surface area contributed by atoms with Gasteiger partial charge >= 0.3 is 0 Å². The quantitative estimate of drug-likeness (QED) is 0.758. The molecule has 1 aliphatic heterocycles. The van der Waals surface area contributed by atoms with Crippen molar-refractivity contribution in [3.8, 4) is 0 Å². The summed E-state index contributed by atoms with van der Waals surface area (Å²) in [5.74, 6) is -1.70. The number of carbonyl (C=O) groups is 2. The third kappa shape index (κ3) is 5.14. The normalized spacial score (nSPS) is 15.9. The summed E-state index contributed by atoms with van der Waals surface area (Å²) in [6, 6.07) is 9.69. The molecule has 0 bridgehead atoms. The minimum Gasteiger partial charge on any atom is -0.376 e. The summed E-state index contributed by atoms with van der Waals surface area (Å²) in [6.07, 6.45) is 1.49. The maximum absolute atomic E-state index is 14.3. The Morgan fingerprint density at radius 1 is 1.24 bits per heavy atom. The molecule has 1 fully saturated rings. The van der Waals surface area contributed by atoms with E-state index in [1.165, 1.54) is 23.1 Å². The average molecular weight is 419 g/mol. The first-order chi connectivity index (χ1) is 13.9. The lowest BCUT2D eigenvalue weighted by Crippen LogP contribution is -2.42. The van der Waals surface area contributed by atoms with Crippen molar-refractivity contribution in [1.82, 2.24) is 4.90 Å². The number of benzene rings is 2. The van der Waals surface area contributed by atoms with Crippen molar-refractivity contribution >= 4 is 29.1 Å². The zero-order chi connectivity index (χ0) is 21.0. The lowest BCUT2D eigenvalue weighted by Gasteiger charge is -2.26. The Hall–Kier alpha value is -2.44. The van der Waals surface area contributed by atoms with E-state index in [-0.39, 0.29) is 35.7 Å². The number of nitrogens with one attached hydrogen (secondary N) is 1. The van der Waals surface area contributed by atoms with E-state index in [4.69, 9.17) is 16.3 Å². The highest BCUT2D eigenvalue weighted by Gasteiger charge is 2.28. The number of nitrogens with zero attached hydrogens (tertiary/aromatic N) is 1. The maximum atomic E-state index is 14.3. The molecule has 1 unspecified atom stereocenters. The summed E-state index contributed by atoms with van der Waals surface area (Å²) in [6.45, 7) is 4.46. The van der Waals surface area contributed by atoms with Crippen LogP contribution < -0.4 is 5.32 Å². The fourth-order valence-corrected chi connectivity index (χ4v) is 3.61. The van der Waals surface area contributed by atoms with Crippen LogP contribution in [0.15, 0.2) is 36.4 Å². The van der Waals surface area contributed by atoms with Gasteiger partial charge in [0, 0.05) is 18.8 Å². The van der Waals surface area contributed by atoms with E-state index in [0.717, 1.165) is 24.0 Å². The molecule has 0 aromatic heterocycles. The van der Waals surface area contributed by atoms with Gasteiger partial charge in [-0.2, -0.15) is 0 Å². The number of anilines is 1. The van der Waals surface area contributed by atoms with Gasteiger partial charge in [0.25, 0.3) is 5.91 Å². The van der Waals surface area contributed by atoms with Crippen molar-refractivity contribution in [2.45, 2.75) is 32.8 Å². The Morgan fingerprint density at radius 3 is 2.69 bits per heavy atom. The van der Waals surface area contributed by atoms with Gasteiger partial charge in [0.15, 0.2) is 0 Å². The Kier molecular flexibility index (Phi) is 6.87. The second-order valence-electron chi connectivity index (χ2n) is 7.21. The number of aryl methyl sites for hydroxylation is 1. The minimum atomic E-state index is -0.713. The van der Waals surface area contributed by atoms with E-state index in [9.17, 15) is 14.0 Å². The van der Waals surface area contributed by atoms with Crippen LogP contribution in [-0.2, 0) is 9.53 Å². The van der Waals surface area contributed by atoms with E-state index in [1.54, 1.807) is 6.07 Å². The lowest BCUT2D eigenvalue weighted by molar-refractivity contribution is -0.117. The zero-order valence-corrected chi connectivity index (χ0v) is 17.3. The first kappa shape index (κ1) is 21.3. The molecule has 7 heteroatoms. The topological polar surface area (TPSA) is 58.6 Å². The van der Waals surface area contributed by atoms with Gasteiger partial charge in [-0.15, -0.1) is 0 Å². The van der Waals surface area contributed by atoms with Gasteiger partial charge in [0.2, 0.25) is 5.91 Å². The van der Waals surface area contributed by atoms with Crippen molar-refractivity contribution in [1.29, 1.82) is 0 Å². The Bertz CT molecular complexity index is 893. The van der Waals surface area contributed by atoms with Crippen molar-refractivity contribution in [2.24, 2.45) is 0 Å². The van der Waals surface area contributed by atoms with Crippen LogP contribution in [0.1, 0.15) is 34.3 Å². The van der Waals surface area contributed by atoms with Gasteiger partial charge in [-0.3, -0.25) is 9.59 Å². The first-order valence-corrected chi connectivity index (χ1v) is 9.95. The third-order valence-electron chi connectivity index (χ3n) is 5.13. The Morgan fingerprint density at radius 2 is 2.00 bits per heavy atom. The molecule has 0 spiro atoms. The fourth-order valence-electron chi connectivity index (χ4n) is 3.36. The SMILES string of the molecule is Cc1cccc(NC(=O)CN(CC2CCCO2)C(=O)c2c(F)cccc2Cl)c1C. The van der Waals surface area contributed by atoms with Crippen LogP contribution in [0, 0.1) is 19.7 Å². The molecule has 0 radical (unpaired) electrons. The number of carbonyl (C=O) groups excluding carboxylic acids is 2. The second-order valence-corrected chi connectivity index (χ2v) is 7.62. The minimum absolute atomic E-state index is 0.0160. The number of hydrogen-bond acceptors (Lipinski definition) is 3. The van der Waals surface area contributed by atoms with Gasteiger partial charge in [-0.05, 0) is 56.0 Å². The molecule has 154 valence electrons. The number of ether oxygens (including phenoxy) is 1. The number of halogens is 2. The molecule has 1 heterocycles. The third-order valence-corrected chi connectivity index (χ3v) is 5.44. The van der Waals surface area contributed by atoms with Gasteiger partial charge in [-0.25, -0.2) is 4.39 Å². The van der Waals surface area contributed by atoms with Crippen LogP contribution in [0.25, 0.3) is 0 Å². The standard InChI is InChI=1S/C22H24ClFN2O3/c1-14-6-3-10-19(15(14)2)25-20(27)13-26(12-16-7-5-11-29-16)22(28)21-17(23)8-4-9-18(21)24/h3-4,6,8-10,16H,5,7,11-13H2,1-2H3,(H,25,27). The lowest BCUT2D eigenvalue weighted by atomic mass is 10.1. The molecule has 1 N–H and O–H groups in total. The molecule has 0 saturated carbocycles. The summed E-state index contributed by atoms with van der Waals surface area (Å²) >= 11 is 6.07. The summed E-state index contributed by atoms with van der Waals surface area (Å²) < 4.78 is 19.9. The maximum Gasteiger partial charge on any atom is 0.258 e. The van der Waals surface area contributed by atoms with Crippen LogP contribution in [0.2, 0.25) is 5.02 Å². The smallest absolute Gasteiger partial charge is 0.258 e. The van der Waals surface area contributed by atoms with Crippen LogP contribution in [0.3, 0.4) is 0 Å². The summed E-state index contributed by atoms with van der Waals surface area (Å²) in [5, 5.41) is 2.86. The molecule has 0 aliphatic carbocycles. The Balaban J connectivity index is 1.80. The molecule has 2 aromatic carbocycles. The first-order valence-electron chi connectivity index (χ1n) is 9.57. The van der Waals surface area contributed by atoms with Crippen LogP contribution in [0.5, 0.6) is 0 Å². The van der Waals surface area contributed by atoms with Gasteiger partial charge in [0.1, 0.15) is 12.4 Å². The molecule has 1 aliphatic rings. The summed E-state index contributed by atoms with van der Waals surface area (Å²) in [7, 11) is 0. The van der Waals surface area contributed by atoms with Crippen LogP contribution in [-0.4, -0.2) is 42.5 Å². The fraction of sp³-hybridized carbons (Fsp3) is 0.364. The monoisotopic (exact) mass is 418 g/mol. The largest absolute Gasteiger partial charge is 0.376 e. The molecule has 1 atom stereocenters. The van der Waals surface area contributed by atoms with E-state index >= 15 is 0 Å². The number of hydrogen-bond donors (Lipinski definition) is 1. The van der Waals surface area contributed by atoms with Crippen molar-refractivity contribution in [3.05, 3.63) is 63.9 Å². The van der Waals surface area contributed by atoms with Crippen LogP contribution in [0.4, 0.5) is 10.1 Å². The molecule has 5 nitrogen and oxygen atoms in total. The van der Waals surface area contributed by atoms with Gasteiger partial charge in [-0.1, -0.05) is 29.8 Å². The second kappa shape index (κ2) is 9.37. The summed E-state index contributed by atoms with van der Waals surface area (Å²) in [5.41, 5.74) is 2.46. The highest BCUT2D eigenvalue weighted by Crippen LogP contribution is 2.23. The van der Waals surface area contributed by atoms with E-state index in [0.29, 0.717) is 12.3 Å². The highest BCUT2D eigenvalue weighted by atomic mass is 35.5. The average Bonchev–Trinajstić information content (AvgIpc) is 3.18. The molecule has 2 amide bonds. The highest BCUT2D eigenvalue weighted by molar-refractivity contribution is 6.33. The molecular weight excluding hydrogens is 395 g/mol. The number of rotatable bonds is 6. The van der Waals surface area contributed by atoms with Crippen molar-refractivity contribution < 1.29 is 18.7 Å². The molecule has 29 heavy (non-hydrogen) atoms. The van der Waals surface area contributed by atoms with Crippen LogP contribution >= 0.6 is 11.6 Å². The summed E-state index contributed by atoms with van der Waals surface area (Å²) in [4.78, 5) is 27.0. The molecule has 3 rings (SSSR count). The van der Waals surface area contributed by atoms with E-state index < -0.39 is 11.7 Å². The predicted molar refractivity (Wildman–Crippen MR) is 111 cm³/mol. The van der Waals surface area contributed by atoms with Gasteiger partial charge in [0.05, 0.1) is 16.7 Å².